The van der Waals surface area contributed by atoms with Crippen LogP contribution in [0, 0.1) is 5.92 Å². The minimum atomic E-state index is -3.69. The van der Waals surface area contributed by atoms with Crippen molar-refractivity contribution >= 4 is 5.97 Å². The standard InChI is InChI=1S/C17H30F2O4/c1-5-9-11-21-13-15(23-12-10-6-2)14(7-3)17(18,19)16(20)22-8-4/h7,14-15H,3,5-6,8-13H2,1-2,4H3/t14?,15-/m0/s1. The van der Waals surface area contributed by atoms with Crippen LogP contribution in [0.3, 0.4) is 0 Å². The first-order valence-electron chi connectivity index (χ1n) is 8.32. The van der Waals surface area contributed by atoms with E-state index in [9.17, 15) is 13.6 Å². The second-order valence-corrected chi connectivity index (χ2v) is 5.30. The summed E-state index contributed by atoms with van der Waals surface area (Å²) in [6.45, 7) is 9.62. The maximum atomic E-state index is 14.3. The highest BCUT2D eigenvalue weighted by molar-refractivity contribution is 5.78. The lowest BCUT2D eigenvalue weighted by molar-refractivity contribution is -0.187. The van der Waals surface area contributed by atoms with Gasteiger partial charge in [-0.2, -0.15) is 8.78 Å². The molecule has 0 aliphatic heterocycles. The van der Waals surface area contributed by atoms with Gasteiger partial charge in [0.2, 0.25) is 0 Å². The fourth-order valence-corrected chi connectivity index (χ4v) is 1.98. The second-order valence-electron chi connectivity index (χ2n) is 5.30. The Labute approximate surface area is 138 Å². The smallest absolute Gasteiger partial charge is 0.377 e. The first-order valence-corrected chi connectivity index (χ1v) is 8.32. The van der Waals surface area contributed by atoms with Gasteiger partial charge in [-0.1, -0.05) is 32.8 Å². The first-order chi connectivity index (χ1) is 10.9. The van der Waals surface area contributed by atoms with Crippen molar-refractivity contribution in [3.05, 3.63) is 12.7 Å². The third kappa shape index (κ3) is 7.88. The highest BCUT2D eigenvalue weighted by atomic mass is 19.3. The van der Waals surface area contributed by atoms with Gasteiger partial charge in [-0.05, 0) is 19.8 Å². The maximum Gasteiger partial charge on any atom is 0.377 e. The van der Waals surface area contributed by atoms with Gasteiger partial charge < -0.3 is 14.2 Å². The minimum Gasteiger partial charge on any atom is -0.462 e. The van der Waals surface area contributed by atoms with Crippen molar-refractivity contribution in [3.8, 4) is 0 Å². The van der Waals surface area contributed by atoms with Gasteiger partial charge >= 0.3 is 11.9 Å². The van der Waals surface area contributed by atoms with Gasteiger partial charge in [-0.15, -0.1) is 6.58 Å². The monoisotopic (exact) mass is 336 g/mol. The summed E-state index contributed by atoms with van der Waals surface area (Å²) in [4.78, 5) is 11.6. The topological polar surface area (TPSA) is 44.8 Å². The number of halogens is 2. The third-order valence-corrected chi connectivity index (χ3v) is 3.37. The lowest BCUT2D eigenvalue weighted by Gasteiger charge is -2.30. The highest BCUT2D eigenvalue weighted by Gasteiger charge is 2.51. The molecule has 4 nitrogen and oxygen atoms in total. The number of carbonyl (C=O) groups excluding carboxylic acids is 1. The number of rotatable bonds is 14. The van der Waals surface area contributed by atoms with E-state index in [1.165, 1.54) is 6.92 Å². The third-order valence-electron chi connectivity index (χ3n) is 3.37. The van der Waals surface area contributed by atoms with Gasteiger partial charge in [-0.25, -0.2) is 4.79 Å². The normalized spacial score (nSPS) is 14.3. The Morgan fingerprint density at radius 3 is 2.30 bits per heavy atom. The van der Waals surface area contributed by atoms with Crippen LogP contribution < -0.4 is 0 Å². The Bertz CT molecular complexity index is 335. The zero-order chi connectivity index (χ0) is 17.7. The Balaban J connectivity index is 4.95. The quantitative estimate of drug-likeness (QED) is 0.273. The summed E-state index contributed by atoms with van der Waals surface area (Å²) in [6, 6.07) is 0. The Hall–Kier alpha value is -1.01. The molecule has 0 aliphatic carbocycles. The minimum absolute atomic E-state index is 0.00457. The first kappa shape index (κ1) is 22.0. The average molecular weight is 336 g/mol. The highest BCUT2D eigenvalue weighted by Crippen LogP contribution is 2.32. The molecule has 1 unspecified atom stereocenters. The van der Waals surface area contributed by atoms with Gasteiger partial charge in [0.05, 0.1) is 25.2 Å². The number of ether oxygens (including phenoxy) is 3. The van der Waals surface area contributed by atoms with E-state index in [-0.39, 0.29) is 13.2 Å². The Morgan fingerprint density at radius 2 is 1.78 bits per heavy atom. The zero-order valence-corrected chi connectivity index (χ0v) is 14.5. The molecule has 0 bridgehead atoms. The molecular formula is C17H30F2O4. The van der Waals surface area contributed by atoms with E-state index in [2.05, 4.69) is 11.3 Å². The molecule has 0 aromatic rings. The summed E-state index contributed by atoms with van der Waals surface area (Å²) in [7, 11) is 0. The van der Waals surface area contributed by atoms with Crippen LogP contribution >= 0.6 is 0 Å². The summed E-state index contributed by atoms with van der Waals surface area (Å²) in [5.41, 5.74) is 0. The number of hydrogen-bond acceptors (Lipinski definition) is 4. The van der Waals surface area contributed by atoms with Crippen LogP contribution in [0.15, 0.2) is 12.7 Å². The van der Waals surface area contributed by atoms with Crippen molar-refractivity contribution in [2.45, 2.75) is 58.5 Å². The summed E-state index contributed by atoms with van der Waals surface area (Å²) in [6.07, 6.45) is 3.54. The number of unbranched alkanes of at least 4 members (excludes halogenated alkanes) is 2. The van der Waals surface area contributed by atoms with Crippen LogP contribution in [0.5, 0.6) is 0 Å². The molecule has 2 atom stereocenters. The molecule has 0 saturated heterocycles. The summed E-state index contributed by atoms with van der Waals surface area (Å²) in [5.74, 6) is -6.73. The van der Waals surface area contributed by atoms with Crippen molar-refractivity contribution in [1.82, 2.24) is 0 Å². The van der Waals surface area contributed by atoms with E-state index in [0.717, 1.165) is 31.8 Å². The Kier molecular flexibility index (Phi) is 11.9. The SMILES string of the molecule is C=CC([C@H](COCCCC)OCCCC)C(F)(F)C(=O)OCC. The molecule has 0 aromatic carbocycles. The van der Waals surface area contributed by atoms with Gasteiger partial charge in [0, 0.05) is 13.2 Å². The summed E-state index contributed by atoms with van der Waals surface area (Å²) < 4.78 is 44.1. The fraction of sp³-hybridized carbons (Fsp3) is 0.824. The van der Waals surface area contributed by atoms with Crippen molar-refractivity contribution < 1.29 is 27.8 Å². The van der Waals surface area contributed by atoms with Crippen LogP contribution in [0.2, 0.25) is 0 Å². The molecule has 0 aliphatic rings. The molecule has 0 amide bonds. The molecule has 0 aromatic heterocycles. The molecule has 0 saturated carbocycles. The number of carbonyl (C=O) groups is 1. The van der Waals surface area contributed by atoms with Crippen molar-refractivity contribution in [1.29, 1.82) is 0 Å². The van der Waals surface area contributed by atoms with Gasteiger partial charge in [0.15, 0.2) is 0 Å². The molecule has 0 N–H and O–H groups in total. The average Bonchev–Trinajstić information content (AvgIpc) is 2.51. The van der Waals surface area contributed by atoms with Crippen LogP contribution in [-0.4, -0.2) is 44.4 Å². The van der Waals surface area contributed by atoms with E-state index in [4.69, 9.17) is 9.47 Å². The van der Waals surface area contributed by atoms with E-state index >= 15 is 0 Å². The van der Waals surface area contributed by atoms with Crippen LogP contribution in [0.4, 0.5) is 8.78 Å². The predicted molar refractivity (Wildman–Crippen MR) is 85.6 cm³/mol. The van der Waals surface area contributed by atoms with Gasteiger partial charge in [-0.3, -0.25) is 0 Å². The molecule has 136 valence electrons. The summed E-state index contributed by atoms with van der Waals surface area (Å²) in [5, 5.41) is 0. The van der Waals surface area contributed by atoms with E-state index in [1.54, 1.807) is 0 Å². The molecule has 0 heterocycles. The lowest BCUT2D eigenvalue weighted by Crippen LogP contribution is -2.46. The van der Waals surface area contributed by atoms with E-state index in [1.807, 2.05) is 13.8 Å². The van der Waals surface area contributed by atoms with Gasteiger partial charge in [0.25, 0.3) is 0 Å². The van der Waals surface area contributed by atoms with Crippen molar-refractivity contribution in [2.24, 2.45) is 5.92 Å². The van der Waals surface area contributed by atoms with E-state index in [0.29, 0.717) is 13.2 Å². The number of esters is 1. The molecule has 0 radical (unpaired) electrons. The lowest BCUT2D eigenvalue weighted by atomic mass is 9.95. The zero-order valence-electron chi connectivity index (χ0n) is 14.5. The fourth-order valence-electron chi connectivity index (χ4n) is 1.98. The molecule has 23 heavy (non-hydrogen) atoms. The van der Waals surface area contributed by atoms with Crippen LogP contribution in [-0.2, 0) is 19.0 Å². The molecule has 0 rings (SSSR count). The summed E-state index contributed by atoms with van der Waals surface area (Å²) >= 11 is 0. The molecule has 0 fully saturated rings. The van der Waals surface area contributed by atoms with Crippen molar-refractivity contribution in [3.63, 3.8) is 0 Å². The Morgan fingerprint density at radius 1 is 1.17 bits per heavy atom. The predicted octanol–water partition coefficient (Wildman–Crippen LogP) is 3.99. The molecule has 0 spiro atoms. The number of alkyl halides is 2. The largest absolute Gasteiger partial charge is 0.462 e. The molecule has 6 heteroatoms. The van der Waals surface area contributed by atoms with E-state index < -0.39 is 23.9 Å². The van der Waals surface area contributed by atoms with Crippen LogP contribution in [0.1, 0.15) is 46.5 Å². The molecular weight excluding hydrogens is 306 g/mol. The maximum absolute atomic E-state index is 14.3. The second kappa shape index (κ2) is 12.4. The van der Waals surface area contributed by atoms with Crippen molar-refractivity contribution in [2.75, 3.05) is 26.4 Å². The van der Waals surface area contributed by atoms with Crippen LogP contribution in [0.25, 0.3) is 0 Å². The number of hydrogen-bond donors (Lipinski definition) is 0. The van der Waals surface area contributed by atoms with Gasteiger partial charge in [0.1, 0.15) is 0 Å².